The standard InChI is InChI=1S/C31H62NO8P/c1-7-13-20-35-29(19-26-41(34,39-24-17-11-5)40-25-18-12-6)31(37-22-15-9-3)30(36-21-14-8-2)27-32(28-33)38-23-16-10-4/h19,26,28-31H,7-18,20-25,27H2,1-6H3/b26-19+/t29-,30+,31-/m1/s1. The van der Waals surface area contributed by atoms with Gasteiger partial charge in [0.2, 0.25) is 6.41 Å². The lowest BCUT2D eigenvalue weighted by Gasteiger charge is -2.34. The van der Waals surface area contributed by atoms with Crippen LogP contribution in [-0.4, -0.2) is 76.0 Å². The van der Waals surface area contributed by atoms with Gasteiger partial charge in [-0.15, -0.1) is 0 Å². The number of rotatable bonds is 31. The Morgan fingerprint density at radius 3 is 1.61 bits per heavy atom. The molecule has 0 fully saturated rings. The van der Waals surface area contributed by atoms with Gasteiger partial charge in [-0.1, -0.05) is 80.1 Å². The Morgan fingerprint density at radius 1 is 0.634 bits per heavy atom. The quantitative estimate of drug-likeness (QED) is 0.0338. The van der Waals surface area contributed by atoms with Gasteiger partial charge in [-0.05, 0) is 44.6 Å². The van der Waals surface area contributed by atoms with Crippen molar-refractivity contribution in [2.45, 2.75) is 137 Å². The maximum atomic E-state index is 13.7. The molecule has 0 aromatic heterocycles. The molecule has 1 amide bonds. The SMILES string of the molecule is CCCCO[C@@H]([C@H](CN(C=O)OCCCC)OCCCC)[C@@H](/C=C/P(=O)(OCCCC)OCCCC)OCCCC. The molecule has 0 radical (unpaired) electrons. The lowest BCUT2D eigenvalue weighted by molar-refractivity contribution is -0.198. The summed E-state index contributed by atoms with van der Waals surface area (Å²) in [4.78, 5) is 17.7. The maximum absolute atomic E-state index is 13.7. The van der Waals surface area contributed by atoms with Gasteiger partial charge < -0.3 is 23.3 Å². The zero-order valence-corrected chi connectivity index (χ0v) is 28.0. The fourth-order valence-electron chi connectivity index (χ4n) is 3.65. The molecule has 0 heterocycles. The Kier molecular flexibility index (Phi) is 27.5. The highest BCUT2D eigenvalue weighted by Gasteiger charge is 2.34. The van der Waals surface area contributed by atoms with Crippen LogP contribution in [0.25, 0.3) is 0 Å². The monoisotopic (exact) mass is 607 g/mol. The molecule has 3 atom stereocenters. The third kappa shape index (κ3) is 20.7. The molecule has 0 spiro atoms. The van der Waals surface area contributed by atoms with E-state index in [4.69, 9.17) is 28.1 Å². The van der Waals surface area contributed by atoms with Crippen molar-refractivity contribution < 1.29 is 37.5 Å². The first-order valence-electron chi connectivity index (χ1n) is 16.2. The molecule has 41 heavy (non-hydrogen) atoms. The number of carbonyl (C=O) groups is 1. The van der Waals surface area contributed by atoms with Crippen LogP contribution in [0.15, 0.2) is 11.9 Å². The van der Waals surface area contributed by atoms with E-state index in [-0.39, 0.29) is 6.54 Å². The average molecular weight is 608 g/mol. The van der Waals surface area contributed by atoms with Crippen LogP contribution < -0.4 is 0 Å². The zero-order chi connectivity index (χ0) is 30.6. The van der Waals surface area contributed by atoms with Crippen LogP contribution in [0.5, 0.6) is 0 Å². The highest BCUT2D eigenvalue weighted by atomic mass is 31.2. The second-order valence-electron chi connectivity index (χ2n) is 10.3. The number of hydroxylamine groups is 2. The van der Waals surface area contributed by atoms with Crippen LogP contribution in [0.2, 0.25) is 0 Å². The smallest absolute Gasteiger partial charge is 0.353 e. The minimum atomic E-state index is -3.50. The van der Waals surface area contributed by atoms with Crippen LogP contribution in [0.3, 0.4) is 0 Å². The molecule has 0 aliphatic carbocycles. The number of hydrogen-bond donors (Lipinski definition) is 0. The number of amides is 1. The summed E-state index contributed by atoms with van der Waals surface area (Å²) in [5.74, 6) is 1.53. The molecule has 0 saturated carbocycles. The van der Waals surface area contributed by atoms with Crippen molar-refractivity contribution in [2.75, 3.05) is 46.2 Å². The van der Waals surface area contributed by atoms with E-state index in [1.165, 1.54) is 10.9 Å². The van der Waals surface area contributed by atoms with Crippen LogP contribution in [0, 0.1) is 0 Å². The van der Waals surface area contributed by atoms with E-state index >= 15 is 0 Å². The van der Waals surface area contributed by atoms with E-state index in [9.17, 15) is 9.36 Å². The van der Waals surface area contributed by atoms with E-state index in [0.717, 1.165) is 77.0 Å². The van der Waals surface area contributed by atoms with Gasteiger partial charge in [-0.3, -0.25) is 14.2 Å². The molecule has 10 heteroatoms. The Balaban J connectivity index is 6.28. The van der Waals surface area contributed by atoms with Crippen molar-refractivity contribution >= 4 is 14.0 Å². The lowest BCUT2D eigenvalue weighted by atomic mass is 10.1. The first kappa shape index (κ1) is 40.2. The molecule has 0 bridgehead atoms. The third-order valence-corrected chi connectivity index (χ3v) is 7.99. The number of hydrogen-bond acceptors (Lipinski definition) is 8. The minimum Gasteiger partial charge on any atom is -0.373 e. The van der Waals surface area contributed by atoms with E-state index in [2.05, 4.69) is 41.5 Å². The number of ether oxygens (including phenoxy) is 3. The van der Waals surface area contributed by atoms with Gasteiger partial charge >= 0.3 is 7.60 Å². The van der Waals surface area contributed by atoms with Crippen molar-refractivity contribution in [1.29, 1.82) is 0 Å². The van der Waals surface area contributed by atoms with Gasteiger partial charge in [0.1, 0.15) is 18.3 Å². The molecule has 0 rings (SSSR count). The lowest BCUT2D eigenvalue weighted by Crippen LogP contribution is -2.48. The molecule has 0 saturated heterocycles. The van der Waals surface area contributed by atoms with Crippen molar-refractivity contribution in [3.63, 3.8) is 0 Å². The summed E-state index contributed by atoms with van der Waals surface area (Å²) < 4.78 is 44.4. The van der Waals surface area contributed by atoms with Gasteiger partial charge in [0, 0.05) is 25.6 Å². The Morgan fingerprint density at radius 2 is 1.10 bits per heavy atom. The normalized spacial score (nSPS) is 14.4. The van der Waals surface area contributed by atoms with Crippen molar-refractivity contribution in [2.24, 2.45) is 0 Å². The highest BCUT2D eigenvalue weighted by molar-refractivity contribution is 7.57. The molecule has 0 aliphatic heterocycles. The Bertz CT molecular complexity index is 652. The van der Waals surface area contributed by atoms with Gasteiger partial charge in [-0.25, -0.2) is 5.06 Å². The fraction of sp³-hybridized carbons (Fsp3) is 0.903. The Labute approximate surface area is 251 Å². The van der Waals surface area contributed by atoms with E-state index in [1.807, 2.05) is 0 Å². The van der Waals surface area contributed by atoms with Crippen LogP contribution >= 0.6 is 7.60 Å². The van der Waals surface area contributed by atoms with E-state index in [1.54, 1.807) is 6.08 Å². The minimum absolute atomic E-state index is 0.187. The third-order valence-electron chi connectivity index (χ3n) is 6.37. The molecule has 0 unspecified atom stereocenters. The summed E-state index contributed by atoms with van der Waals surface area (Å²) in [6.45, 7) is 15.4. The van der Waals surface area contributed by atoms with Gasteiger partial charge in [-0.2, -0.15) is 0 Å². The first-order valence-corrected chi connectivity index (χ1v) is 17.8. The summed E-state index contributed by atoms with van der Waals surface area (Å²) in [5.41, 5.74) is 0. The van der Waals surface area contributed by atoms with Crippen molar-refractivity contribution in [1.82, 2.24) is 5.06 Å². The topological polar surface area (TPSA) is 92.8 Å². The summed E-state index contributed by atoms with van der Waals surface area (Å²) in [6, 6.07) is 0. The second kappa shape index (κ2) is 28.0. The summed E-state index contributed by atoms with van der Waals surface area (Å²) in [5, 5.41) is 1.29. The fourth-order valence-corrected chi connectivity index (χ4v) is 5.04. The molecule has 0 aromatic rings. The maximum Gasteiger partial charge on any atom is 0.353 e. The van der Waals surface area contributed by atoms with Crippen molar-refractivity contribution in [3.8, 4) is 0 Å². The summed E-state index contributed by atoms with van der Waals surface area (Å²) >= 11 is 0. The predicted molar refractivity (Wildman–Crippen MR) is 166 cm³/mol. The molecular formula is C31H62NO8P. The van der Waals surface area contributed by atoms with Gasteiger partial charge in [0.25, 0.3) is 0 Å². The second-order valence-corrected chi connectivity index (χ2v) is 12.2. The average Bonchev–Trinajstić information content (AvgIpc) is 2.97. The number of unbranched alkanes of at least 4 members (excludes halogenated alkanes) is 6. The van der Waals surface area contributed by atoms with Gasteiger partial charge in [0.15, 0.2) is 0 Å². The molecule has 0 N–H and O–H groups in total. The first-order chi connectivity index (χ1) is 19.9. The van der Waals surface area contributed by atoms with E-state index < -0.39 is 25.9 Å². The van der Waals surface area contributed by atoms with Crippen molar-refractivity contribution in [3.05, 3.63) is 11.9 Å². The van der Waals surface area contributed by atoms with Crippen LogP contribution in [0.1, 0.15) is 119 Å². The highest BCUT2D eigenvalue weighted by Crippen LogP contribution is 2.50. The molecule has 9 nitrogen and oxygen atoms in total. The van der Waals surface area contributed by atoms with Crippen LogP contribution in [0.4, 0.5) is 0 Å². The van der Waals surface area contributed by atoms with E-state index in [0.29, 0.717) is 46.1 Å². The number of carbonyl (C=O) groups excluding carboxylic acids is 1. The molecule has 0 aromatic carbocycles. The zero-order valence-electron chi connectivity index (χ0n) is 27.1. The molecular weight excluding hydrogens is 545 g/mol. The summed E-state index contributed by atoms with van der Waals surface area (Å²) in [7, 11) is -3.50. The van der Waals surface area contributed by atoms with Gasteiger partial charge in [0.05, 0.1) is 26.4 Å². The molecule has 0 aliphatic rings. The summed E-state index contributed by atoms with van der Waals surface area (Å²) in [6.07, 6.45) is 11.5. The Hall–Kier alpha value is -0.800. The van der Waals surface area contributed by atoms with Crippen LogP contribution in [-0.2, 0) is 37.5 Å². The predicted octanol–water partition coefficient (Wildman–Crippen LogP) is 8.07. The largest absolute Gasteiger partial charge is 0.373 e. The molecule has 244 valence electrons. The number of nitrogens with zero attached hydrogens (tertiary/aromatic N) is 1.